The number of carbonyl (C=O) groups is 2. The maximum atomic E-state index is 11.2. The molecule has 74 valence electrons. The molecule has 0 heterocycles. The van der Waals surface area contributed by atoms with Crippen LogP contribution < -0.4 is 10.6 Å². The summed E-state index contributed by atoms with van der Waals surface area (Å²) in [6, 6.07) is 0.366. The van der Waals surface area contributed by atoms with Crippen LogP contribution in [0.3, 0.4) is 0 Å². The van der Waals surface area contributed by atoms with Gasteiger partial charge in [-0.2, -0.15) is 0 Å². The Bertz CT molecular complexity index is 176. The molecule has 1 aliphatic carbocycles. The topological polar surface area (TPSA) is 58.2 Å². The summed E-state index contributed by atoms with van der Waals surface area (Å²) in [6.45, 7) is 0.493. The van der Waals surface area contributed by atoms with Crippen LogP contribution in [0.4, 0.5) is 0 Å². The predicted octanol–water partition coefficient (Wildman–Crippen LogP) is -0.166. The Kier molecular flexibility index (Phi) is 4.46. The number of nitrogens with one attached hydrogen (secondary N) is 2. The maximum absolute atomic E-state index is 11.2. The first-order valence-corrected chi connectivity index (χ1v) is 4.76. The van der Waals surface area contributed by atoms with E-state index in [1.54, 1.807) is 0 Å². The van der Waals surface area contributed by atoms with E-state index in [0.29, 0.717) is 6.04 Å². The fourth-order valence-corrected chi connectivity index (χ4v) is 1.59. The van der Waals surface area contributed by atoms with Crippen molar-refractivity contribution in [3.05, 3.63) is 0 Å². The number of hydrogen-bond donors (Lipinski definition) is 2. The van der Waals surface area contributed by atoms with Crippen molar-refractivity contribution in [2.75, 3.05) is 13.1 Å². The van der Waals surface area contributed by atoms with Crippen LogP contribution >= 0.6 is 0 Å². The quantitative estimate of drug-likeness (QED) is 0.461. The smallest absolute Gasteiger partial charge is 0.234 e. The van der Waals surface area contributed by atoms with Crippen LogP contribution in [0.15, 0.2) is 0 Å². The normalized spacial score (nSPS) is 17.2. The van der Waals surface area contributed by atoms with Crippen molar-refractivity contribution in [3.63, 3.8) is 0 Å². The molecule has 1 aliphatic rings. The van der Waals surface area contributed by atoms with Gasteiger partial charge in [0.2, 0.25) is 5.91 Å². The fraction of sp³-hybridized carbons (Fsp3) is 0.778. The Morgan fingerprint density at radius 1 is 1.38 bits per heavy atom. The average molecular weight is 184 g/mol. The van der Waals surface area contributed by atoms with E-state index in [2.05, 4.69) is 10.6 Å². The number of hydrogen-bond acceptors (Lipinski definition) is 3. The van der Waals surface area contributed by atoms with E-state index in [1.807, 2.05) is 0 Å². The number of rotatable bonds is 5. The van der Waals surface area contributed by atoms with Gasteiger partial charge in [0.15, 0.2) is 0 Å². The van der Waals surface area contributed by atoms with Gasteiger partial charge in [-0.1, -0.05) is 12.8 Å². The van der Waals surface area contributed by atoms with Crippen LogP contribution in [0, 0.1) is 0 Å². The Morgan fingerprint density at radius 3 is 2.69 bits per heavy atom. The Morgan fingerprint density at radius 2 is 2.08 bits per heavy atom. The first-order chi connectivity index (χ1) is 6.33. The molecule has 1 amide bonds. The van der Waals surface area contributed by atoms with Gasteiger partial charge in [-0.3, -0.25) is 4.79 Å². The zero-order valence-electron chi connectivity index (χ0n) is 7.71. The minimum atomic E-state index is -0.00579. The zero-order chi connectivity index (χ0) is 9.52. The van der Waals surface area contributed by atoms with Gasteiger partial charge in [-0.15, -0.1) is 0 Å². The summed E-state index contributed by atoms with van der Waals surface area (Å²) in [7, 11) is 0. The summed E-state index contributed by atoms with van der Waals surface area (Å²) in [5, 5.41) is 5.65. The maximum Gasteiger partial charge on any atom is 0.234 e. The molecule has 0 aliphatic heterocycles. The molecule has 13 heavy (non-hydrogen) atoms. The Labute approximate surface area is 78.1 Å². The molecule has 0 saturated heterocycles. The van der Waals surface area contributed by atoms with Crippen molar-refractivity contribution >= 4 is 12.2 Å². The van der Waals surface area contributed by atoms with E-state index in [-0.39, 0.29) is 19.0 Å². The molecular weight excluding hydrogens is 168 g/mol. The van der Waals surface area contributed by atoms with E-state index < -0.39 is 0 Å². The molecule has 0 unspecified atom stereocenters. The lowest BCUT2D eigenvalue weighted by Gasteiger charge is -2.11. The lowest BCUT2D eigenvalue weighted by atomic mass is 10.2. The highest BCUT2D eigenvalue weighted by atomic mass is 16.2. The second-order valence-corrected chi connectivity index (χ2v) is 3.35. The van der Waals surface area contributed by atoms with Crippen molar-refractivity contribution in [1.29, 1.82) is 0 Å². The van der Waals surface area contributed by atoms with Gasteiger partial charge in [-0.05, 0) is 12.8 Å². The lowest BCUT2D eigenvalue weighted by Crippen LogP contribution is -2.39. The van der Waals surface area contributed by atoms with Crippen LogP contribution in [-0.4, -0.2) is 31.3 Å². The molecule has 0 radical (unpaired) electrons. The first-order valence-electron chi connectivity index (χ1n) is 4.76. The summed E-state index contributed by atoms with van der Waals surface area (Å²) in [6.07, 6.45) is 5.38. The number of amides is 1. The van der Waals surface area contributed by atoms with E-state index in [4.69, 9.17) is 0 Å². The summed E-state index contributed by atoms with van der Waals surface area (Å²) >= 11 is 0. The molecule has 1 saturated carbocycles. The van der Waals surface area contributed by atoms with Gasteiger partial charge >= 0.3 is 0 Å². The Hall–Kier alpha value is -0.900. The van der Waals surface area contributed by atoms with Gasteiger partial charge in [0.25, 0.3) is 0 Å². The standard InChI is InChI=1S/C9H16N2O2/c12-6-5-10-7-9(13)11-8-3-1-2-4-8/h6,8,10H,1-5,7H2,(H,11,13). The summed E-state index contributed by atoms with van der Waals surface area (Å²) in [4.78, 5) is 21.1. The van der Waals surface area contributed by atoms with Crippen LogP contribution in [-0.2, 0) is 9.59 Å². The summed E-state index contributed by atoms with van der Waals surface area (Å²) in [5.74, 6) is -0.00579. The highest BCUT2D eigenvalue weighted by Crippen LogP contribution is 2.17. The van der Waals surface area contributed by atoms with Gasteiger partial charge in [0, 0.05) is 6.04 Å². The van der Waals surface area contributed by atoms with Crippen molar-refractivity contribution in [3.8, 4) is 0 Å². The van der Waals surface area contributed by atoms with Crippen molar-refractivity contribution in [2.45, 2.75) is 31.7 Å². The lowest BCUT2D eigenvalue weighted by molar-refractivity contribution is -0.120. The molecule has 1 fully saturated rings. The predicted molar refractivity (Wildman–Crippen MR) is 49.3 cm³/mol. The largest absolute Gasteiger partial charge is 0.352 e. The third-order valence-electron chi connectivity index (χ3n) is 2.23. The number of aldehydes is 1. The molecule has 1 rings (SSSR count). The molecule has 0 bridgehead atoms. The molecule has 4 heteroatoms. The summed E-state index contributed by atoms with van der Waals surface area (Å²) < 4.78 is 0. The molecular formula is C9H16N2O2. The van der Waals surface area contributed by atoms with Gasteiger partial charge in [-0.25, -0.2) is 0 Å². The van der Waals surface area contributed by atoms with Crippen molar-refractivity contribution in [2.24, 2.45) is 0 Å². The van der Waals surface area contributed by atoms with Gasteiger partial charge in [0.05, 0.1) is 13.1 Å². The van der Waals surface area contributed by atoms with Crippen molar-refractivity contribution in [1.82, 2.24) is 10.6 Å². The van der Waals surface area contributed by atoms with Gasteiger partial charge in [0.1, 0.15) is 6.29 Å². The molecule has 0 spiro atoms. The molecule has 0 aromatic heterocycles. The van der Waals surface area contributed by atoms with Gasteiger partial charge < -0.3 is 15.4 Å². The monoisotopic (exact) mass is 184 g/mol. The summed E-state index contributed by atoms with van der Waals surface area (Å²) in [5.41, 5.74) is 0. The second kappa shape index (κ2) is 5.70. The average Bonchev–Trinajstić information content (AvgIpc) is 2.57. The third kappa shape index (κ3) is 4.03. The molecule has 0 aromatic rings. The van der Waals surface area contributed by atoms with E-state index in [0.717, 1.165) is 19.1 Å². The SMILES string of the molecule is O=CCNCC(=O)NC1CCCC1. The van der Waals surface area contributed by atoms with Crippen molar-refractivity contribution < 1.29 is 9.59 Å². The van der Waals surface area contributed by atoms with E-state index in [1.165, 1.54) is 12.8 Å². The highest BCUT2D eigenvalue weighted by Gasteiger charge is 2.16. The molecule has 0 atom stereocenters. The molecule has 4 nitrogen and oxygen atoms in total. The number of carbonyl (C=O) groups excluding carboxylic acids is 2. The highest BCUT2D eigenvalue weighted by molar-refractivity contribution is 5.78. The minimum Gasteiger partial charge on any atom is -0.352 e. The van der Waals surface area contributed by atoms with E-state index in [9.17, 15) is 9.59 Å². The molecule has 0 aromatic carbocycles. The first kappa shape index (κ1) is 10.2. The van der Waals surface area contributed by atoms with Crippen LogP contribution in [0.1, 0.15) is 25.7 Å². The second-order valence-electron chi connectivity index (χ2n) is 3.35. The van der Waals surface area contributed by atoms with E-state index >= 15 is 0 Å². The Balaban J connectivity index is 2.05. The van der Waals surface area contributed by atoms with Crippen LogP contribution in [0.2, 0.25) is 0 Å². The third-order valence-corrected chi connectivity index (χ3v) is 2.23. The fourth-order valence-electron chi connectivity index (χ4n) is 1.59. The minimum absolute atomic E-state index is 0.00579. The zero-order valence-corrected chi connectivity index (χ0v) is 7.71. The van der Waals surface area contributed by atoms with Crippen LogP contribution in [0.5, 0.6) is 0 Å². The molecule has 2 N–H and O–H groups in total. The van der Waals surface area contributed by atoms with Crippen LogP contribution in [0.25, 0.3) is 0 Å².